The number of aromatic amines is 2. The molecular weight excluding hydrogens is 277 g/mol. The molecule has 3 aromatic rings. The van der Waals surface area contributed by atoms with Gasteiger partial charge in [-0.15, -0.1) is 0 Å². The van der Waals surface area contributed by atoms with E-state index in [-0.39, 0.29) is 18.0 Å². The third-order valence-electron chi connectivity index (χ3n) is 2.85. The minimum Gasteiger partial charge on any atom is -0.483 e. The topological polar surface area (TPSA) is 98.8 Å². The number of fused-ring (bicyclic) bond motifs is 1. The van der Waals surface area contributed by atoms with Crippen LogP contribution in [0.2, 0.25) is 0 Å². The number of imidazole rings is 1. The molecule has 2 heterocycles. The third-order valence-corrected chi connectivity index (χ3v) is 2.85. The second kappa shape index (κ2) is 6.00. The van der Waals surface area contributed by atoms with E-state index in [0.717, 1.165) is 5.56 Å². The van der Waals surface area contributed by atoms with Gasteiger partial charge in [0, 0.05) is 5.56 Å². The van der Waals surface area contributed by atoms with Gasteiger partial charge in [0.15, 0.2) is 0 Å². The lowest BCUT2D eigenvalue weighted by Gasteiger charge is -2.04. The van der Waals surface area contributed by atoms with E-state index in [1.807, 2.05) is 12.1 Å². The van der Waals surface area contributed by atoms with Crippen molar-refractivity contribution in [1.29, 1.82) is 0 Å². The molecule has 21 heavy (non-hydrogen) atoms. The smallest absolute Gasteiger partial charge is 0.323 e. The van der Waals surface area contributed by atoms with E-state index < -0.39 is 0 Å². The van der Waals surface area contributed by atoms with Crippen molar-refractivity contribution in [2.24, 2.45) is 0 Å². The van der Waals surface area contributed by atoms with Crippen molar-refractivity contribution in [3.63, 3.8) is 0 Å². The Labute approximate surface area is 118 Å². The van der Waals surface area contributed by atoms with Crippen LogP contribution in [0.25, 0.3) is 22.3 Å². The van der Waals surface area contributed by atoms with E-state index in [4.69, 9.17) is 9.90 Å². The summed E-state index contributed by atoms with van der Waals surface area (Å²) in [5, 5.41) is 6.89. The van der Waals surface area contributed by atoms with Gasteiger partial charge in [-0.25, -0.2) is 14.2 Å². The number of carbonyl (C=O) groups is 1. The molecule has 0 aliphatic carbocycles. The number of aromatic nitrogens is 3. The zero-order chi connectivity index (χ0) is 15.4. The van der Waals surface area contributed by atoms with E-state index in [1.165, 1.54) is 6.07 Å². The predicted octanol–water partition coefficient (Wildman–Crippen LogP) is 2.07. The van der Waals surface area contributed by atoms with Crippen molar-refractivity contribution in [3.05, 3.63) is 52.3 Å². The monoisotopic (exact) mass is 289 g/mol. The molecule has 0 saturated carbocycles. The van der Waals surface area contributed by atoms with Gasteiger partial charge in [-0.1, -0.05) is 12.1 Å². The van der Waals surface area contributed by atoms with Gasteiger partial charge in [-0.05, 0) is 25.1 Å². The molecule has 0 spiro atoms. The average Bonchev–Trinajstić information content (AvgIpc) is 2.83. The number of halogens is 1. The van der Waals surface area contributed by atoms with E-state index in [9.17, 15) is 9.18 Å². The van der Waals surface area contributed by atoms with Crippen LogP contribution in [-0.2, 0) is 4.79 Å². The highest BCUT2D eigenvalue weighted by Gasteiger charge is 2.09. The van der Waals surface area contributed by atoms with Crippen LogP contribution in [-0.4, -0.2) is 26.5 Å². The Balaban J connectivity index is 0.000000497. The molecule has 0 unspecified atom stereocenters. The fourth-order valence-corrected chi connectivity index (χ4v) is 1.97. The molecule has 0 radical (unpaired) electrons. The van der Waals surface area contributed by atoms with Gasteiger partial charge < -0.3 is 15.1 Å². The van der Waals surface area contributed by atoms with Crippen molar-refractivity contribution in [2.45, 2.75) is 6.92 Å². The van der Waals surface area contributed by atoms with E-state index in [2.05, 4.69) is 15.0 Å². The highest BCUT2D eigenvalue weighted by molar-refractivity contribution is 5.90. The summed E-state index contributed by atoms with van der Waals surface area (Å²) in [5.74, 6) is -0.339. The number of carboxylic acid groups (broad SMARTS) is 1. The number of nitrogens with zero attached hydrogens (tertiary/aromatic N) is 1. The third kappa shape index (κ3) is 2.97. The van der Waals surface area contributed by atoms with E-state index >= 15 is 0 Å². The lowest BCUT2D eigenvalue weighted by Crippen LogP contribution is -1.99. The molecular formula is C14H12FN3O3. The molecule has 3 N–H and O–H groups in total. The zero-order valence-corrected chi connectivity index (χ0v) is 11.1. The van der Waals surface area contributed by atoms with Gasteiger partial charge in [-0.3, -0.25) is 4.79 Å². The molecule has 0 bridgehead atoms. The number of aryl methyl sites for hydroxylation is 1. The fraction of sp³-hybridized carbons (Fsp3) is 0.0714. The minimum atomic E-state index is -0.339. The van der Waals surface area contributed by atoms with Crippen LogP contribution in [0.5, 0.6) is 0 Å². The molecule has 0 aliphatic heterocycles. The van der Waals surface area contributed by atoms with Gasteiger partial charge >= 0.3 is 5.69 Å². The van der Waals surface area contributed by atoms with Crippen molar-refractivity contribution in [3.8, 4) is 11.3 Å². The quantitative estimate of drug-likeness (QED) is 0.597. The van der Waals surface area contributed by atoms with Gasteiger partial charge in [0.05, 0.1) is 22.4 Å². The highest BCUT2D eigenvalue weighted by atomic mass is 19.1. The number of para-hydroxylation sites is 1. The number of hydrogen-bond acceptors (Lipinski definition) is 3. The summed E-state index contributed by atoms with van der Waals surface area (Å²) in [7, 11) is 0. The van der Waals surface area contributed by atoms with Gasteiger partial charge in [0.2, 0.25) is 0 Å². The molecule has 3 rings (SSSR count). The summed E-state index contributed by atoms with van der Waals surface area (Å²) in [4.78, 5) is 29.3. The maximum Gasteiger partial charge on any atom is 0.323 e. The maximum atomic E-state index is 13.2. The number of nitrogens with one attached hydrogen (secondary N) is 2. The van der Waals surface area contributed by atoms with Crippen LogP contribution in [0.1, 0.15) is 5.69 Å². The Morgan fingerprint density at radius 2 is 1.95 bits per heavy atom. The van der Waals surface area contributed by atoms with Crippen LogP contribution in [0, 0.1) is 12.7 Å². The number of H-pyrrole nitrogens is 2. The summed E-state index contributed by atoms with van der Waals surface area (Å²) in [6, 6.07) is 8.43. The highest BCUT2D eigenvalue weighted by Crippen LogP contribution is 2.24. The molecule has 0 saturated heterocycles. The standard InChI is InChI=1S/C13H10FN3O.CH2O2/c1-7-9(14)5-6-10(15-7)8-3-2-4-11-12(8)17-13(18)16-11;2-1-3/h2-6H,1H3,(H2,16,17,18);1H,(H,2,3). The second-order valence-corrected chi connectivity index (χ2v) is 4.18. The molecule has 108 valence electrons. The average molecular weight is 289 g/mol. The maximum absolute atomic E-state index is 13.2. The Morgan fingerprint density at radius 3 is 2.62 bits per heavy atom. The molecule has 7 heteroatoms. The first-order valence-corrected chi connectivity index (χ1v) is 5.99. The van der Waals surface area contributed by atoms with Gasteiger partial charge in [-0.2, -0.15) is 0 Å². The van der Waals surface area contributed by atoms with E-state index in [0.29, 0.717) is 22.4 Å². The van der Waals surface area contributed by atoms with Crippen LogP contribution in [0.4, 0.5) is 4.39 Å². The summed E-state index contributed by atoms with van der Waals surface area (Å²) in [6.07, 6.45) is 0. The Kier molecular flexibility index (Phi) is 4.13. The van der Waals surface area contributed by atoms with Crippen molar-refractivity contribution >= 4 is 17.5 Å². The summed E-state index contributed by atoms with van der Waals surface area (Å²) < 4.78 is 13.2. The summed E-state index contributed by atoms with van der Waals surface area (Å²) in [5.41, 5.74) is 2.87. The number of pyridine rings is 1. The molecule has 0 fully saturated rings. The molecule has 1 aromatic carbocycles. The number of hydrogen-bond donors (Lipinski definition) is 3. The summed E-state index contributed by atoms with van der Waals surface area (Å²) >= 11 is 0. The predicted molar refractivity (Wildman–Crippen MR) is 75.5 cm³/mol. The molecule has 0 amide bonds. The Morgan fingerprint density at radius 1 is 1.24 bits per heavy atom. The first kappa shape index (κ1) is 14.4. The normalized spacial score (nSPS) is 10.0. The minimum absolute atomic E-state index is 0.250. The van der Waals surface area contributed by atoms with E-state index in [1.54, 1.807) is 19.1 Å². The summed E-state index contributed by atoms with van der Waals surface area (Å²) in [6.45, 7) is 1.36. The molecule has 6 nitrogen and oxygen atoms in total. The number of benzene rings is 1. The van der Waals surface area contributed by atoms with Gasteiger partial charge in [0.1, 0.15) is 5.82 Å². The second-order valence-electron chi connectivity index (χ2n) is 4.18. The van der Waals surface area contributed by atoms with Gasteiger partial charge in [0.25, 0.3) is 6.47 Å². The Bertz CT molecular complexity index is 839. The van der Waals surface area contributed by atoms with Crippen molar-refractivity contribution < 1.29 is 14.3 Å². The fourth-order valence-electron chi connectivity index (χ4n) is 1.97. The lowest BCUT2D eigenvalue weighted by molar-refractivity contribution is -0.122. The van der Waals surface area contributed by atoms with Crippen LogP contribution in [0.15, 0.2) is 35.1 Å². The first-order valence-electron chi connectivity index (χ1n) is 5.99. The molecule has 2 aromatic heterocycles. The van der Waals surface area contributed by atoms with Crippen LogP contribution < -0.4 is 5.69 Å². The molecule has 0 atom stereocenters. The van der Waals surface area contributed by atoms with Crippen LogP contribution >= 0.6 is 0 Å². The van der Waals surface area contributed by atoms with Crippen molar-refractivity contribution in [2.75, 3.05) is 0 Å². The first-order chi connectivity index (χ1) is 10.1. The zero-order valence-electron chi connectivity index (χ0n) is 11.1. The van der Waals surface area contributed by atoms with Crippen molar-refractivity contribution in [1.82, 2.24) is 15.0 Å². The SMILES string of the molecule is Cc1nc(-c2cccc3[nH]c(=O)[nH]c23)ccc1F.O=CO. The molecule has 0 aliphatic rings. The largest absolute Gasteiger partial charge is 0.483 e. The van der Waals surface area contributed by atoms with Crippen LogP contribution in [0.3, 0.4) is 0 Å². The lowest BCUT2D eigenvalue weighted by atomic mass is 10.1. The number of rotatable bonds is 1. The Hall–Kier alpha value is -2.96.